The van der Waals surface area contributed by atoms with Gasteiger partial charge in [-0.3, -0.25) is 9.48 Å². The first kappa shape index (κ1) is 19.0. The number of hydrogen-bond acceptors (Lipinski definition) is 6. The number of amides is 1. The lowest BCUT2D eigenvalue weighted by molar-refractivity contribution is -0.131. The van der Waals surface area contributed by atoms with Crippen LogP contribution in [0.25, 0.3) is 33.5 Å². The number of rotatable bonds is 3. The number of nitrogens with zero attached hydrogens (tertiary/aromatic N) is 6. The number of hydrogen-bond donors (Lipinski definition) is 2. The van der Waals surface area contributed by atoms with Gasteiger partial charge < -0.3 is 10.7 Å². The lowest BCUT2D eigenvalue weighted by Crippen LogP contribution is -2.33. The van der Waals surface area contributed by atoms with Gasteiger partial charge in [0, 0.05) is 55.5 Å². The molecule has 4 heterocycles. The Morgan fingerprint density at radius 2 is 1.97 bits per heavy atom. The minimum Gasteiger partial charge on any atom is -0.383 e. The normalized spacial score (nSPS) is 16.7. The van der Waals surface area contributed by atoms with Crippen LogP contribution in [-0.2, 0) is 11.8 Å². The molecule has 1 unspecified atom stereocenters. The predicted octanol–water partition coefficient (Wildman–Crippen LogP) is 2.81. The quantitative estimate of drug-likeness (QED) is 0.534. The van der Waals surface area contributed by atoms with Gasteiger partial charge in [0.05, 0.1) is 28.5 Å². The second-order valence-electron chi connectivity index (χ2n) is 7.88. The number of H-pyrrole nitrogens is 1. The highest BCUT2D eigenvalue weighted by atomic mass is 16.2. The van der Waals surface area contributed by atoms with Gasteiger partial charge in [-0.25, -0.2) is 15.0 Å². The van der Waals surface area contributed by atoms with E-state index in [0.717, 1.165) is 39.0 Å². The van der Waals surface area contributed by atoms with Gasteiger partial charge in [-0.05, 0) is 18.2 Å². The van der Waals surface area contributed by atoms with Gasteiger partial charge in [-0.1, -0.05) is 13.0 Å². The molecule has 9 heteroatoms. The van der Waals surface area contributed by atoms with Gasteiger partial charge >= 0.3 is 0 Å². The number of aryl methyl sites for hydroxylation is 1. The van der Waals surface area contributed by atoms with E-state index >= 15 is 0 Å². The highest BCUT2D eigenvalue weighted by Gasteiger charge is 2.25. The van der Waals surface area contributed by atoms with Crippen LogP contribution < -0.4 is 5.73 Å². The number of nitrogens with two attached hydrogens (primary N) is 1. The molecule has 1 aliphatic rings. The molecule has 1 aromatic carbocycles. The summed E-state index contributed by atoms with van der Waals surface area (Å²) in [6.45, 7) is 2.02. The zero-order valence-corrected chi connectivity index (χ0v) is 17.5. The number of aromatic nitrogens is 5. The Bertz CT molecular complexity index is 1350. The Morgan fingerprint density at radius 1 is 1.13 bits per heavy atom. The highest BCUT2D eigenvalue weighted by molar-refractivity contribution is 6.07. The van der Waals surface area contributed by atoms with Crippen LogP contribution in [0.3, 0.4) is 0 Å². The second kappa shape index (κ2) is 7.05. The maximum Gasteiger partial charge on any atom is 0.243 e. The fourth-order valence-electron chi connectivity index (χ4n) is 3.84. The Balaban J connectivity index is 1.55. The van der Waals surface area contributed by atoms with Crippen molar-refractivity contribution in [2.24, 2.45) is 18.1 Å². The summed E-state index contributed by atoms with van der Waals surface area (Å²) in [4.78, 5) is 24.3. The largest absolute Gasteiger partial charge is 0.383 e. The summed E-state index contributed by atoms with van der Waals surface area (Å²) in [5, 5.41) is 10.1. The molecular formula is C22H22N8O. The summed E-state index contributed by atoms with van der Waals surface area (Å²) in [5.41, 5.74) is 12.3. The number of nitrogens with one attached hydrogen (secondary N) is 1. The van der Waals surface area contributed by atoms with Crippen molar-refractivity contribution in [2.45, 2.75) is 13.3 Å². The first-order chi connectivity index (χ1) is 14.9. The monoisotopic (exact) mass is 414 g/mol. The van der Waals surface area contributed by atoms with E-state index in [1.54, 1.807) is 24.1 Å². The minimum absolute atomic E-state index is 0.0256. The first-order valence-electron chi connectivity index (χ1n) is 9.99. The molecule has 0 saturated carbocycles. The summed E-state index contributed by atoms with van der Waals surface area (Å²) in [5.74, 6) is 1.13. The molecule has 0 saturated heterocycles. The molecule has 4 aromatic rings. The third kappa shape index (κ3) is 3.33. The maximum atomic E-state index is 11.9. The van der Waals surface area contributed by atoms with Crippen LogP contribution >= 0.6 is 0 Å². The van der Waals surface area contributed by atoms with Crippen molar-refractivity contribution in [3.63, 3.8) is 0 Å². The third-order valence-corrected chi connectivity index (χ3v) is 5.56. The van der Waals surface area contributed by atoms with Crippen molar-refractivity contribution in [3.05, 3.63) is 48.4 Å². The highest BCUT2D eigenvalue weighted by Crippen LogP contribution is 2.30. The summed E-state index contributed by atoms with van der Waals surface area (Å²) in [6.07, 6.45) is 5.90. The van der Waals surface area contributed by atoms with Crippen LogP contribution in [0.4, 0.5) is 5.82 Å². The third-order valence-electron chi connectivity index (χ3n) is 5.56. The number of aromatic amines is 1. The number of benzene rings is 1. The fraction of sp³-hybridized carbons (Fsp3) is 0.227. The molecular weight excluding hydrogens is 392 g/mol. The van der Waals surface area contributed by atoms with Gasteiger partial charge in [-0.2, -0.15) is 10.2 Å². The van der Waals surface area contributed by atoms with Gasteiger partial charge in [-0.15, -0.1) is 0 Å². The van der Waals surface area contributed by atoms with Crippen molar-refractivity contribution in [3.8, 4) is 22.5 Å². The number of pyridine rings is 1. The molecule has 5 rings (SSSR count). The van der Waals surface area contributed by atoms with Crippen molar-refractivity contribution < 1.29 is 4.79 Å². The molecule has 0 aliphatic carbocycles. The molecule has 156 valence electrons. The Hall–Kier alpha value is -4.01. The van der Waals surface area contributed by atoms with Crippen molar-refractivity contribution in [1.82, 2.24) is 29.7 Å². The first-order valence-corrected chi connectivity index (χ1v) is 9.99. The van der Waals surface area contributed by atoms with Crippen LogP contribution in [0.2, 0.25) is 0 Å². The van der Waals surface area contributed by atoms with Gasteiger partial charge in [0.15, 0.2) is 0 Å². The van der Waals surface area contributed by atoms with Crippen molar-refractivity contribution in [1.29, 1.82) is 0 Å². The molecule has 9 nitrogen and oxygen atoms in total. The topological polar surface area (TPSA) is 118 Å². The van der Waals surface area contributed by atoms with Crippen molar-refractivity contribution >= 4 is 28.5 Å². The molecule has 1 amide bonds. The number of carbonyl (C=O) groups is 1. The van der Waals surface area contributed by atoms with E-state index in [2.05, 4.69) is 20.2 Å². The SMILES string of the molecule is CC1CC(=O)N(C)N=C1c1ccc2nc(-c3cc(-c4cnn(C)c4)cnc3N)[nH]c2c1. The number of nitrogen functional groups attached to an aromatic ring is 1. The molecule has 1 aliphatic heterocycles. The number of fused-ring (bicyclic) bond motifs is 1. The minimum atomic E-state index is 0.0256. The van der Waals surface area contributed by atoms with E-state index in [9.17, 15) is 4.79 Å². The van der Waals surface area contributed by atoms with E-state index in [1.807, 2.05) is 44.4 Å². The number of imidazole rings is 1. The van der Waals surface area contributed by atoms with E-state index in [-0.39, 0.29) is 11.8 Å². The average molecular weight is 414 g/mol. The molecule has 0 spiro atoms. The Morgan fingerprint density at radius 3 is 2.74 bits per heavy atom. The lowest BCUT2D eigenvalue weighted by atomic mass is 9.93. The van der Waals surface area contributed by atoms with Crippen molar-refractivity contribution in [2.75, 3.05) is 12.8 Å². The van der Waals surface area contributed by atoms with Crippen LogP contribution in [0, 0.1) is 5.92 Å². The second-order valence-corrected chi connectivity index (χ2v) is 7.88. The van der Waals surface area contributed by atoms with Crippen LogP contribution in [0.1, 0.15) is 18.9 Å². The summed E-state index contributed by atoms with van der Waals surface area (Å²) < 4.78 is 1.74. The fourth-order valence-corrected chi connectivity index (χ4v) is 3.84. The average Bonchev–Trinajstić information content (AvgIpc) is 3.36. The molecule has 3 aromatic heterocycles. The van der Waals surface area contributed by atoms with E-state index in [4.69, 9.17) is 10.7 Å². The molecule has 0 fully saturated rings. The van der Waals surface area contributed by atoms with E-state index in [1.165, 1.54) is 5.01 Å². The predicted molar refractivity (Wildman–Crippen MR) is 119 cm³/mol. The molecule has 0 radical (unpaired) electrons. The number of hydrazone groups is 1. The zero-order chi connectivity index (χ0) is 21.7. The smallest absolute Gasteiger partial charge is 0.243 e. The van der Waals surface area contributed by atoms with Crippen LogP contribution in [0.15, 0.2) is 48.0 Å². The van der Waals surface area contributed by atoms with Gasteiger partial charge in [0.1, 0.15) is 11.6 Å². The zero-order valence-electron chi connectivity index (χ0n) is 17.5. The summed E-state index contributed by atoms with van der Waals surface area (Å²) in [7, 11) is 3.56. The summed E-state index contributed by atoms with van der Waals surface area (Å²) >= 11 is 0. The lowest BCUT2D eigenvalue weighted by Gasteiger charge is -2.24. The molecule has 1 atom stereocenters. The van der Waals surface area contributed by atoms with Crippen LogP contribution in [0.5, 0.6) is 0 Å². The Kier molecular flexibility index (Phi) is 4.32. The molecule has 31 heavy (non-hydrogen) atoms. The van der Waals surface area contributed by atoms with E-state index < -0.39 is 0 Å². The standard InChI is InChI=1S/C22H22N8O/c1-12-6-19(31)30(3)28-20(12)13-4-5-17-18(8-13)27-22(26-17)16-7-14(9-24-21(16)23)15-10-25-29(2)11-15/h4-5,7-12H,6H2,1-3H3,(H2,23,24)(H,26,27). The van der Waals surface area contributed by atoms with Gasteiger partial charge in [0.25, 0.3) is 0 Å². The summed E-state index contributed by atoms with van der Waals surface area (Å²) in [6, 6.07) is 7.91. The number of carbonyl (C=O) groups excluding carboxylic acids is 1. The number of anilines is 1. The molecule has 0 bridgehead atoms. The molecule has 3 N–H and O–H groups in total. The maximum absolute atomic E-state index is 11.9. The Labute approximate surface area is 178 Å². The van der Waals surface area contributed by atoms with E-state index in [0.29, 0.717) is 18.1 Å². The van der Waals surface area contributed by atoms with Crippen LogP contribution in [-0.4, -0.2) is 48.4 Å². The van der Waals surface area contributed by atoms with Gasteiger partial charge in [0.2, 0.25) is 5.91 Å².